The number of nitrogens with zero attached hydrogens (tertiary/aromatic N) is 2. The second-order valence-electron chi connectivity index (χ2n) is 5.32. The highest BCUT2D eigenvalue weighted by Gasteiger charge is 2.17. The summed E-state index contributed by atoms with van der Waals surface area (Å²) in [5.74, 6) is 1.86. The average Bonchev–Trinajstić information content (AvgIpc) is 2.76. The van der Waals surface area contributed by atoms with Gasteiger partial charge in [-0.25, -0.2) is 4.98 Å². The normalized spacial score (nSPS) is 16.1. The van der Waals surface area contributed by atoms with Gasteiger partial charge in [0.05, 0.1) is 12.5 Å². The largest absolute Gasteiger partial charge is 0.496 e. The maximum atomic E-state index is 6.20. The number of nitrogens with two attached hydrogens (primary N) is 1. The van der Waals surface area contributed by atoms with Crippen molar-refractivity contribution in [2.24, 2.45) is 0 Å². The Bertz CT molecular complexity index is 604. The van der Waals surface area contributed by atoms with Gasteiger partial charge in [0.2, 0.25) is 0 Å². The molecule has 0 atom stereocenters. The van der Waals surface area contributed by atoms with Crippen molar-refractivity contribution in [3.63, 3.8) is 0 Å². The molecule has 0 radical (unpaired) electrons. The minimum atomic E-state index is 0.771. The Labute approximate surface area is 119 Å². The van der Waals surface area contributed by atoms with Gasteiger partial charge in [0, 0.05) is 30.4 Å². The van der Waals surface area contributed by atoms with E-state index < -0.39 is 0 Å². The summed E-state index contributed by atoms with van der Waals surface area (Å²) in [5.41, 5.74) is 6.98. The van der Waals surface area contributed by atoms with Gasteiger partial charge in [-0.1, -0.05) is 12.8 Å². The molecule has 0 bridgehead atoms. The third-order valence-corrected chi connectivity index (χ3v) is 4.02. The number of hydrogen-bond donors (Lipinski definition) is 1. The zero-order valence-electron chi connectivity index (χ0n) is 11.9. The highest BCUT2D eigenvalue weighted by molar-refractivity contribution is 6.04. The Balaban J connectivity index is 2.15. The molecule has 1 aliphatic heterocycles. The van der Waals surface area contributed by atoms with Crippen LogP contribution >= 0.6 is 0 Å². The number of pyridine rings is 1. The highest BCUT2D eigenvalue weighted by atomic mass is 16.5. The first kappa shape index (κ1) is 13.0. The molecule has 106 valence electrons. The van der Waals surface area contributed by atoms with E-state index in [2.05, 4.69) is 9.88 Å². The molecule has 4 nitrogen and oxygen atoms in total. The zero-order chi connectivity index (χ0) is 13.9. The molecular weight excluding hydrogens is 250 g/mol. The fraction of sp³-hybridized carbons (Fsp3) is 0.438. The van der Waals surface area contributed by atoms with Gasteiger partial charge in [0.15, 0.2) is 0 Å². The number of anilines is 2. The third-order valence-electron chi connectivity index (χ3n) is 4.02. The summed E-state index contributed by atoms with van der Waals surface area (Å²) in [7, 11) is 1.69. The van der Waals surface area contributed by atoms with Crippen LogP contribution in [-0.2, 0) is 0 Å². The number of hydrogen-bond acceptors (Lipinski definition) is 4. The second kappa shape index (κ2) is 5.57. The predicted octanol–water partition coefficient (Wildman–Crippen LogP) is 3.21. The van der Waals surface area contributed by atoms with Crippen molar-refractivity contribution in [3.05, 3.63) is 24.4 Å². The predicted molar refractivity (Wildman–Crippen MR) is 83.4 cm³/mol. The van der Waals surface area contributed by atoms with E-state index in [0.29, 0.717) is 0 Å². The number of rotatable bonds is 2. The molecule has 1 aromatic heterocycles. The van der Waals surface area contributed by atoms with Gasteiger partial charge in [-0.15, -0.1) is 0 Å². The van der Waals surface area contributed by atoms with E-state index in [4.69, 9.17) is 10.5 Å². The molecule has 3 rings (SSSR count). The van der Waals surface area contributed by atoms with Crippen LogP contribution in [0.1, 0.15) is 25.7 Å². The van der Waals surface area contributed by atoms with Crippen LogP contribution < -0.4 is 15.4 Å². The van der Waals surface area contributed by atoms with Gasteiger partial charge in [0.1, 0.15) is 11.6 Å². The van der Waals surface area contributed by atoms with Crippen LogP contribution in [0.15, 0.2) is 24.4 Å². The lowest BCUT2D eigenvalue weighted by atomic mass is 10.1. The number of benzene rings is 1. The van der Waals surface area contributed by atoms with Gasteiger partial charge in [0.25, 0.3) is 0 Å². The van der Waals surface area contributed by atoms with E-state index in [1.807, 2.05) is 24.4 Å². The van der Waals surface area contributed by atoms with E-state index >= 15 is 0 Å². The van der Waals surface area contributed by atoms with Crippen molar-refractivity contribution in [1.29, 1.82) is 0 Å². The van der Waals surface area contributed by atoms with E-state index in [-0.39, 0.29) is 0 Å². The van der Waals surface area contributed by atoms with Crippen molar-refractivity contribution in [2.45, 2.75) is 25.7 Å². The quantitative estimate of drug-likeness (QED) is 0.852. The number of fused-ring (bicyclic) bond motifs is 1. The molecule has 1 aliphatic rings. The second-order valence-corrected chi connectivity index (χ2v) is 5.32. The topological polar surface area (TPSA) is 51.4 Å². The Kier molecular flexibility index (Phi) is 3.63. The lowest BCUT2D eigenvalue weighted by molar-refractivity contribution is 0.420. The maximum Gasteiger partial charge on any atom is 0.138 e. The zero-order valence-corrected chi connectivity index (χ0v) is 11.9. The maximum absolute atomic E-state index is 6.20. The van der Waals surface area contributed by atoms with Gasteiger partial charge in [-0.2, -0.15) is 0 Å². The fourth-order valence-electron chi connectivity index (χ4n) is 2.98. The van der Waals surface area contributed by atoms with Crippen molar-refractivity contribution < 1.29 is 4.74 Å². The summed E-state index contributed by atoms with van der Waals surface area (Å²) in [6.45, 7) is 2.12. The summed E-state index contributed by atoms with van der Waals surface area (Å²) in [5, 5.41) is 2.07. The SMILES string of the molecule is COc1ccc(N)c2c(N3CCCCCC3)nccc12. The highest BCUT2D eigenvalue weighted by Crippen LogP contribution is 2.36. The first-order valence-corrected chi connectivity index (χ1v) is 7.27. The molecule has 2 aromatic rings. The summed E-state index contributed by atoms with van der Waals surface area (Å²) in [6, 6.07) is 5.81. The molecule has 0 unspecified atom stereocenters. The molecule has 0 amide bonds. The number of nitrogen functional groups attached to an aromatic ring is 1. The number of aromatic nitrogens is 1. The van der Waals surface area contributed by atoms with Crippen LogP contribution in [0, 0.1) is 0 Å². The molecule has 0 spiro atoms. The standard InChI is InChI=1S/C16H21N3O/c1-20-14-7-6-13(17)15-12(14)8-9-18-16(15)19-10-4-2-3-5-11-19/h6-9H,2-5,10-11,17H2,1H3. The number of methoxy groups -OCH3 is 1. The van der Waals surface area contributed by atoms with Crippen LogP contribution in [0.25, 0.3) is 10.8 Å². The molecule has 4 heteroatoms. The Morgan fingerprint density at radius 1 is 1.10 bits per heavy atom. The van der Waals surface area contributed by atoms with Gasteiger partial charge in [-0.3, -0.25) is 0 Å². The fourth-order valence-corrected chi connectivity index (χ4v) is 2.98. The first-order valence-electron chi connectivity index (χ1n) is 7.27. The molecule has 0 aliphatic carbocycles. The Morgan fingerprint density at radius 2 is 1.85 bits per heavy atom. The molecule has 0 saturated carbocycles. The van der Waals surface area contributed by atoms with Crippen molar-refractivity contribution >= 4 is 22.3 Å². The van der Waals surface area contributed by atoms with Crippen LogP contribution in [-0.4, -0.2) is 25.2 Å². The Hall–Kier alpha value is -1.97. The molecule has 2 heterocycles. The molecule has 2 N–H and O–H groups in total. The summed E-state index contributed by atoms with van der Waals surface area (Å²) >= 11 is 0. The van der Waals surface area contributed by atoms with Crippen molar-refractivity contribution in [2.75, 3.05) is 30.8 Å². The summed E-state index contributed by atoms with van der Waals surface area (Å²) in [6.07, 6.45) is 6.91. The third kappa shape index (κ3) is 2.26. The van der Waals surface area contributed by atoms with Crippen LogP contribution in [0.5, 0.6) is 5.75 Å². The van der Waals surface area contributed by atoms with E-state index in [9.17, 15) is 0 Å². The number of ether oxygens (including phenoxy) is 1. The van der Waals surface area contributed by atoms with Crippen LogP contribution in [0.4, 0.5) is 11.5 Å². The average molecular weight is 271 g/mol. The molecule has 1 saturated heterocycles. The van der Waals surface area contributed by atoms with Crippen molar-refractivity contribution in [1.82, 2.24) is 4.98 Å². The molecule has 20 heavy (non-hydrogen) atoms. The van der Waals surface area contributed by atoms with E-state index in [1.165, 1.54) is 25.7 Å². The minimum Gasteiger partial charge on any atom is -0.496 e. The summed E-state index contributed by atoms with van der Waals surface area (Å²) in [4.78, 5) is 6.97. The lowest BCUT2D eigenvalue weighted by Gasteiger charge is -2.24. The van der Waals surface area contributed by atoms with E-state index in [1.54, 1.807) is 7.11 Å². The smallest absolute Gasteiger partial charge is 0.138 e. The van der Waals surface area contributed by atoms with Gasteiger partial charge < -0.3 is 15.4 Å². The minimum absolute atomic E-state index is 0.771. The van der Waals surface area contributed by atoms with E-state index in [0.717, 1.165) is 41.1 Å². The Morgan fingerprint density at radius 3 is 2.55 bits per heavy atom. The monoisotopic (exact) mass is 271 g/mol. The van der Waals surface area contributed by atoms with Crippen molar-refractivity contribution in [3.8, 4) is 5.75 Å². The van der Waals surface area contributed by atoms with Crippen LogP contribution in [0.2, 0.25) is 0 Å². The van der Waals surface area contributed by atoms with Crippen LogP contribution in [0.3, 0.4) is 0 Å². The molecule has 1 fully saturated rings. The van der Waals surface area contributed by atoms with Gasteiger partial charge >= 0.3 is 0 Å². The van der Waals surface area contributed by atoms with Gasteiger partial charge in [-0.05, 0) is 31.0 Å². The lowest BCUT2D eigenvalue weighted by Crippen LogP contribution is -2.25. The molecule has 1 aromatic carbocycles. The summed E-state index contributed by atoms with van der Waals surface area (Å²) < 4.78 is 5.45. The first-order chi connectivity index (χ1) is 9.81. The molecular formula is C16H21N3O.